The SMILES string of the molecule is CC(=O)O.O=S(=O)([O-])CCCCCP(CCCCCS(=O)(=O)[O-])CCCP(CCCCCS(=O)(=O)[O-])CCCCCS(=O)(=O)[O-].[Pd+2].[Pd+2]. The molecule has 47 heavy (non-hydrogen) atoms. The van der Waals surface area contributed by atoms with Gasteiger partial charge in [-0.1, -0.05) is 25.7 Å². The van der Waals surface area contributed by atoms with E-state index in [0.29, 0.717) is 51.4 Å². The molecule has 0 bridgehead atoms. The van der Waals surface area contributed by atoms with Gasteiger partial charge in [-0.3, -0.25) is 4.79 Å². The quantitative estimate of drug-likeness (QED) is 0.0511. The number of unbranched alkanes of at least 4 members (excludes halogenated alkanes) is 8. The fraction of sp³-hybridized carbons (Fsp3) is 0.960. The van der Waals surface area contributed by atoms with Gasteiger partial charge in [0.15, 0.2) is 0 Å². The van der Waals surface area contributed by atoms with E-state index in [1.807, 2.05) is 0 Å². The molecular weight excluding hydrogens is 927 g/mol. The first-order chi connectivity index (χ1) is 20.6. The standard InChI is InChI=1S/C23H50O12P2S4.C2H4O2.2Pd/c24-38(25,26)20-9-1-5-14-36(15-6-2-10-21-39(27,28)29)18-13-19-37(16-7-3-11-22-40(30,31)32)17-8-4-12-23-41(33,34)35;1-2(3)4;;/h1-23H2,(H,24,25,26)(H,27,28,29)(H,30,31,32)(H,33,34,35);1H3,(H,3,4);;/q;;2*+2/p-4. The van der Waals surface area contributed by atoms with E-state index < -0.39 is 62.3 Å². The smallest absolute Gasteiger partial charge is 0.748 e. The van der Waals surface area contributed by atoms with Crippen LogP contribution in [0.4, 0.5) is 0 Å². The molecule has 0 radical (unpaired) electrons. The van der Waals surface area contributed by atoms with E-state index in [4.69, 9.17) is 9.90 Å². The number of carbonyl (C=O) groups is 1. The van der Waals surface area contributed by atoms with Crippen LogP contribution >= 0.6 is 15.8 Å². The van der Waals surface area contributed by atoms with Crippen LogP contribution in [0.15, 0.2) is 0 Å². The monoisotopic (exact) mass is 976 g/mol. The maximum Gasteiger partial charge on any atom is 2.00 e. The zero-order valence-electron chi connectivity index (χ0n) is 26.7. The number of hydrogen-bond donors (Lipinski definition) is 1. The summed E-state index contributed by atoms with van der Waals surface area (Å²) in [4.78, 5) is 9.00. The van der Waals surface area contributed by atoms with Gasteiger partial charge in [-0.2, -0.15) is 0 Å². The van der Waals surface area contributed by atoms with Crippen molar-refractivity contribution in [3.05, 3.63) is 0 Å². The molecule has 0 atom stereocenters. The predicted octanol–water partition coefficient (Wildman–Crippen LogP) is 3.29. The summed E-state index contributed by atoms with van der Waals surface area (Å²) in [6, 6.07) is 0. The van der Waals surface area contributed by atoms with Crippen molar-refractivity contribution >= 4 is 62.3 Å². The van der Waals surface area contributed by atoms with Crippen molar-refractivity contribution in [2.24, 2.45) is 0 Å². The van der Waals surface area contributed by atoms with Gasteiger partial charge in [0, 0.05) is 29.9 Å². The van der Waals surface area contributed by atoms with Gasteiger partial charge in [0.1, 0.15) is 0 Å². The maximum atomic E-state index is 10.8. The minimum Gasteiger partial charge on any atom is -0.748 e. The second-order valence-electron chi connectivity index (χ2n) is 10.8. The Morgan fingerprint density at radius 3 is 0.766 bits per heavy atom. The van der Waals surface area contributed by atoms with Crippen LogP contribution < -0.4 is 0 Å². The topological polar surface area (TPSA) is 266 Å². The summed E-state index contributed by atoms with van der Waals surface area (Å²) in [5, 5.41) is 7.42. The molecule has 288 valence electrons. The third-order valence-electron chi connectivity index (χ3n) is 6.42. The van der Waals surface area contributed by atoms with Crippen molar-refractivity contribution in [3.63, 3.8) is 0 Å². The van der Waals surface area contributed by atoms with Gasteiger partial charge in [-0.25, -0.2) is 33.7 Å². The maximum absolute atomic E-state index is 10.8. The normalized spacial score (nSPS) is 12.2. The van der Waals surface area contributed by atoms with Crippen molar-refractivity contribution in [3.8, 4) is 0 Å². The van der Waals surface area contributed by atoms with Crippen molar-refractivity contribution < 1.29 is 103 Å². The summed E-state index contributed by atoms with van der Waals surface area (Å²) in [5.41, 5.74) is 0. The molecule has 22 heteroatoms. The van der Waals surface area contributed by atoms with E-state index in [2.05, 4.69) is 0 Å². The minimum atomic E-state index is -4.23. The first-order valence-electron chi connectivity index (χ1n) is 15.0. The van der Waals surface area contributed by atoms with E-state index >= 15 is 0 Å². The van der Waals surface area contributed by atoms with E-state index in [9.17, 15) is 51.9 Å². The van der Waals surface area contributed by atoms with Gasteiger partial charge < -0.3 is 23.3 Å². The average molecular weight is 978 g/mol. The molecule has 0 amide bonds. The second-order valence-corrected chi connectivity index (χ2v) is 22.3. The summed E-state index contributed by atoms with van der Waals surface area (Å²) in [6.07, 6.45) is 13.6. The zero-order valence-corrected chi connectivity index (χ0v) is 34.8. The molecule has 0 aliphatic heterocycles. The summed E-state index contributed by atoms with van der Waals surface area (Å²) < 4.78 is 130. The number of rotatable bonds is 28. The van der Waals surface area contributed by atoms with E-state index in [0.717, 1.165) is 76.0 Å². The van der Waals surface area contributed by atoms with Crippen molar-refractivity contribution in [1.82, 2.24) is 0 Å². The van der Waals surface area contributed by atoms with Crippen LogP contribution in [0.2, 0.25) is 0 Å². The summed E-state index contributed by atoms with van der Waals surface area (Å²) in [7, 11) is -17.7. The van der Waals surface area contributed by atoms with Crippen LogP contribution in [-0.2, 0) is 86.1 Å². The largest absolute Gasteiger partial charge is 2.00 e. The molecule has 1 N–H and O–H groups in total. The van der Waals surface area contributed by atoms with Crippen LogP contribution in [0, 0.1) is 0 Å². The second kappa shape index (κ2) is 30.9. The fourth-order valence-corrected chi connectivity index (χ4v) is 12.1. The van der Waals surface area contributed by atoms with Crippen molar-refractivity contribution in [1.29, 1.82) is 0 Å². The molecule has 0 aromatic carbocycles. The number of hydrogen-bond acceptors (Lipinski definition) is 13. The third-order valence-corrected chi connectivity index (χ3v) is 15.3. The molecule has 0 aliphatic rings. The van der Waals surface area contributed by atoms with E-state index in [-0.39, 0.29) is 63.9 Å². The number of carboxylic acids is 1. The van der Waals surface area contributed by atoms with E-state index in [1.165, 1.54) is 0 Å². The molecule has 0 saturated heterocycles. The number of carboxylic acid groups (broad SMARTS) is 1. The molecule has 0 fully saturated rings. The predicted molar refractivity (Wildman–Crippen MR) is 175 cm³/mol. The molecule has 0 aromatic rings. The summed E-state index contributed by atoms with van der Waals surface area (Å²) in [5.74, 6) is -2.33. The van der Waals surface area contributed by atoms with Gasteiger partial charge in [-0.05, 0) is 94.8 Å². The minimum absolute atomic E-state index is 0. The van der Waals surface area contributed by atoms with Crippen LogP contribution in [0.5, 0.6) is 0 Å². The molecule has 14 nitrogen and oxygen atoms in total. The fourth-order valence-electron chi connectivity index (χ4n) is 4.35. The van der Waals surface area contributed by atoms with Gasteiger partial charge in [0.05, 0.1) is 40.5 Å². The summed E-state index contributed by atoms with van der Waals surface area (Å²) in [6.45, 7) is 1.08. The molecule has 0 heterocycles. The first kappa shape index (κ1) is 55.1. The van der Waals surface area contributed by atoms with Crippen molar-refractivity contribution in [2.75, 3.05) is 60.0 Å². The van der Waals surface area contributed by atoms with Gasteiger partial charge in [0.25, 0.3) is 5.97 Å². The Balaban J connectivity index is -0.00000145. The summed E-state index contributed by atoms with van der Waals surface area (Å²) >= 11 is 0. The van der Waals surface area contributed by atoms with E-state index in [1.54, 1.807) is 0 Å². The molecular formula is C25H50O14P2Pd2S4. The van der Waals surface area contributed by atoms with Crippen molar-refractivity contribution in [2.45, 2.75) is 90.4 Å². The Kier molecular flexibility index (Phi) is 36.2. The third kappa shape index (κ3) is 51.8. The molecule has 0 saturated carbocycles. The molecule has 0 unspecified atom stereocenters. The van der Waals surface area contributed by atoms with Gasteiger partial charge in [-0.15, -0.1) is 15.8 Å². The first-order valence-corrected chi connectivity index (χ1v) is 25.1. The molecule has 0 aromatic heterocycles. The molecule has 0 rings (SSSR count). The average Bonchev–Trinajstić information content (AvgIpc) is 2.84. The Morgan fingerprint density at radius 2 is 0.596 bits per heavy atom. The van der Waals surface area contributed by atoms with Crippen LogP contribution in [0.25, 0.3) is 0 Å². The van der Waals surface area contributed by atoms with Gasteiger partial charge in [0.2, 0.25) is 0 Å². The van der Waals surface area contributed by atoms with Gasteiger partial charge >= 0.3 is 40.8 Å². The number of aliphatic carboxylic acids is 1. The van der Waals surface area contributed by atoms with Crippen LogP contribution in [0.1, 0.15) is 90.4 Å². The van der Waals surface area contributed by atoms with Crippen LogP contribution in [0.3, 0.4) is 0 Å². The Hall–Kier alpha value is 1.29. The Morgan fingerprint density at radius 1 is 0.426 bits per heavy atom. The molecule has 0 aliphatic carbocycles. The zero-order chi connectivity index (χ0) is 35.0. The molecule has 0 spiro atoms. The Bertz CT molecular complexity index is 1040. The van der Waals surface area contributed by atoms with Crippen LogP contribution in [-0.4, -0.2) is 123 Å². The Labute approximate surface area is 313 Å².